The molecular formula is C13H10F3NO2. The van der Waals surface area contributed by atoms with Gasteiger partial charge in [0.05, 0.1) is 6.61 Å². The highest BCUT2D eigenvalue weighted by atomic mass is 19.4. The van der Waals surface area contributed by atoms with Gasteiger partial charge in [0.25, 0.3) is 0 Å². The number of ether oxygens (including phenoxy) is 1. The van der Waals surface area contributed by atoms with Crippen LogP contribution in [0, 0.1) is 0 Å². The summed E-state index contributed by atoms with van der Waals surface area (Å²) in [7, 11) is 0. The third kappa shape index (κ3) is 3.03. The minimum Gasteiger partial charge on any atom is -0.438 e. The molecule has 1 aromatic heterocycles. The zero-order valence-electron chi connectivity index (χ0n) is 9.69. The second kappa shape index (κ2) is 5.27. The molecular weight excluding hydrogens is 259 g/mol. The number of para-hydroxylation sites is 1. The van der Waals surface area contributed by atoms with Crippen LogP contribution in [-0.2, 0) is 12.8 Å². The highest BCUT2D eigenvalue weighted by Crippen LogP contribution is 2.37. The Bertz CT molecular complexity index is 570. The molecule has 0 spiro atoms. The molecule has 0 amide bonds. The van der Waals surface area contributed by atoms with Gasteiger partial charge in [-0.05, 0) is 18.2 Å². The number of aliphatic hydroxyl groups is 1. The molecule has 0 aliphatic carbocycles. The van der Waals surface area contributed by atoms with Crippen molar-refractivity contribution in [1.82, 2.24) is 4.98 Å². The number of benzene rings is 1. The summed E-state index contributed by atoms with van der Waals surface area (Å²) < 4.78 is 43.5. The van der Waals surface area contributed by atoms with Crippen molar-refractivity contribution in [2.45, 2.75) is 12.8 Å². The Morgan fingerprint density at radius 2 is 1.84 bits per heavy atom. The summed E-state index contributed by atoms with van der Waals surface area (Å²) in [6.07, 6.45) is -3.33. The number of nitrogens with zero attached hydrogens (tertiary/aromatic N) is 1. The monoisotopic (exact) mass is 269 g/mol. The van der Waals surface area contributed by atoms with E-state index in [2.05, 4.69) is 4.98 Å². The second-order valence-corrected chi connectivity index (χ2v) is 3.72. The summed E-state index contributed by atoms with van der Waals surface area (Å²) in [5.41, 5.74) is -0.566. The van der Waals surface area contributed by atoms with Gasteiger partial charge in [-0.25, -0.2) is 4.98 Å². The molecule has 0 radical (unpaired) electrons. The van der Waals surface area contributed by atoms with Gasteiger partial charge in [0, 0.05) is 11.8 Å². The van der Waals surface area contributed by atoms with E-state index in [1.807, 2.05) is 0 Å². The quantitative estimate of drug-likeness (QED) is 0.928. The zero-order valence-corrected chi connectivity index (χ0v) is 9.69. The molecule has 0 saturated carbocycles. The molecule has 0 unspecified atom stereocenters. The Morgan fingerprint density at radius 1 is 1.11 bits per heavy atom. The maximum absolute atomic E-state index is 12.8. The molecule has 2 rings (SSSR count). The maximum Gasteiger partial charge on any atom is 0.421 e. The topological polar surface area (TPSA) is 42.4 Å². The Hall–Kier alpha value is -2.08. The van der Waals surface area contributed by atoms with Crippen LogP contribution in [0.4, 0.5) is 13.2 Å². The first-order valence-electron chi connectivity index (χ1n) is 5.41. The first-order chi connectivity index (χ1) is 9.02. The van der Waals surface area contributed by atoms with Crippen LogP contribution in [0.25, 0.3) is 0 Å². The van der Waals surface area contributed by atoms with Crippen LogP contribution in [0.5, 0.6) is 11.6 Å². The van der Waals surface area contributed by atoms with Crippen LogP contribution in [0.1, 0.15) is 11.1 Å². The molecule has 0 aliphatic heterocycles. The predicted molar refractivity (Wildman–Crippen MR) is 61.7 cm³/mol. The summed E-state index contributed by atoms with van der Waals surface area (Å²) in [5.74, 6) is -0.384. The van der Waals surface area contributed by atoms with Crippen molar-refractivity contribution in [2.24, 2.45) is 0 Å². The van der Waals surface area contributed by atoms with Gasteiger partial charge >= 0.3 is 6.18 Å². The number of hydrogen-bond acceptors (Lipinski definition) is 3. The number of alkyl halides is 3. The Labute approximate surface area is 107 Å². The molecule has 1 heterocycles. The van der Waals surface area contributed by atoms with E-state index in [1.54, 1.807) is 18.2 Å². The Kier molecular flexibility index (Phi) is 3.71. The Morgan fingerprint density at radius 3 is 2.53 bits per heavy atom. The van der Waals surface area contributed by atoms with Crippen LogP contribution in [0.3, 0.4) is 0 Å². The van der Waals surface area contributed by atoms with Crippen LogP contribution in [0.15, 0.2) is 42.6 Å². The molecule has 0 fully saturated rings. The fourth-order valence-electron chi connectivity index (χ4n) is 1.53. The lowest BCUT2D eigenvalue weighted by atomic mass is 10.2. The van der Waals surface area contributed by atoms with E-state index in [0.717, 1.165) is 6.07 Å². The van der Waals surface area contributed by atoms with Crippen molar-refractivity contribution in [3.05, 3.63) is 53.7 Å². The zero-order chi connectivity index (χ0) is 13.9. The van der Waals surface area contributed by atoms with E-state index in [4.69, 9.17) is 9.84 Å². The highest BCUT2D eigenvalue weighted by Gasteiger charge is 2.35. The number of aliphatic hydroxyl groups excluding tert-OH is 1. The lowest BCUT2D eigenvalue weighted by molar-refractivity contribution is -0.138. The van der Waals surface area contributed by atoms with Gasteiger partial charge in [-0.1, -0.05) is 18.2 Å². The van der Waals surface area contributed by atoms with Gasteiger partial charge in [0.15, 0.2) is 0 Å². The van der Waals surface area contributed by atoms with Gasteiger partial charge in [-0.2, -0.15) is 13.2 Å². The molecule has 3 nitrogen and oxygen atoms in total. The number of rotatable bonds is 3. The largest absolute Gasteiger partial charge is 0.438 e. The fourth-order valence-corrected chi connectivity index (χ4v) is 1.53. The van der Waals surface area contributed by atoms with E-state index in [9.17, 15) is 13.2 Å². The molecule has 0 saturated heterocycles. The summed E-state index contributed by atoms with van der Waals surface area (Å²) in [5, 5.41) is 9.10. The van der Waals surface area contributed by atoms with Crippen molar-refractivity contribution >= 4 is 0 Å². The number of halogens is 3. The summed E-state index contributed by atoms with van der Waals surface area (Å²) >= 11 is 0. The lowest BCUT2D eigenvalue weighted by Crippen LogP contribution is -2.08. The lowest BCUT2D eigenvalue weighted by Gasteiger charge is -2.13. The van der Waals surface area contributed by atoms with Crippen molar-refractivity contribution in [3.8, 4) is 11.6 Å². The van der Waals surface area contributed by atoms with E-state index in [-0.39, 0.29) is 12.4 Å². The van der Waals surface area contributed by atoms with Crippen molar-refractivity contribution in [1.29, 1.82) is 0 Å². The molecule has 2 aromatic rings. The predicted octanol–water partition coefficient (Wildman–Crippen LogP) is 3.39. The third-order valence-corrected chi connectivity index (χ3v) is 2.43. The van der Waals surface area contributed by atoms with Gasteiger partial charge in [0.1, 0.15) is 11.3 Å². The van der Waals surface area contributed by atoms with Gasteiger partial charge in [0.2, 0.25) is 5.88 Å². The highest BCUT2D eigenvalue weighted by molar-refractivity contribution is 5.38. The summed E-state index contributed by atoms with van der Waals surface area (Å²) in [6.45, 7) is -0.329. The first kappa shape index (κ1) is 13.4. The molecule has 100 valence electrons. The van der Waals surface area contributed by atoms with Crippen molar-refractivity contribution in [3.63, 3.8) is 0 Å². The second-order valence-electron chi connectivity index (χ2n) is 3.72. The third-order valence-electron chi connectivity index (χ3n) is 2.43. The first-order valence-corrected chi connectivity index (χ1v) is 5.41. The number of aromatic nitrogens is 1. The normalized spacial score (nSPS) is 11.4. The molecule has 0 atom stereocenters. The van der Waals surface area contributed by atoms with Crippen LogP contribution >= 0.6 is 0 Å². The van der Waals surface area contributed by atoms with Crippen LogP contribution < -0.4 is 4.74 Å². The minimum atomic E-state index is -4.54. The van der Waals surface area contributed by atoms with Crippen LogP contribution in [0.2, 0.25) is 0 Å². The molecule has 0 bridgehead atoms. The van der Waals surface area contributed by atoms with E-state index in [0.29, 0.717) is 5.56 Å². The van der Waals surface area contributed by atoms with Gasteiger partial charge in [-0.15, -0.1) is 0 Å². The molecule has 6 heteroatoms. The van der Waals surface area contributed by atoms with Crippen LogP contribution in [-0.4, -0.2) is 10.1 Å². The van der Waals surface area contributed by atoms with E-state index in [1.165, 1.54) is 18.3 Å². The number of pyridine rings is 1. The fraction of sp³-hybridized carbons (Fsp3) is 0.154. The van der Waals surface area contributed by atoms with Crippen molar-refractivity contribution < 1.29 is 23.0 Å². The molecule has 0 aliphatic rings. The SMILES string of the molecule is OCc1ccccc1Oc1ncccc1C(F)(F)F. The van der Waals surface area contributed by atoms with Crippen molar-refractivity contribution in [2.75, 3.05) is 0 Å². The molecule has 1 aromatic carbocycles. The molecule has 19 heavy (non-hydrogen) atoms. The maximum atomic E-state index is 12.8. The summed E-state index contributed by atoms with van der Waals surface area (Å²) in [6, 6.07) is 8.37. The Balaban J connectivity index is 2.39. The summed E-state index contributed by atoms with van der Waals surface area (Å²) in [4.78, 5) is 3.59. The standard InChI is InChI=1S/C13H10F3NO2/c14-13(15,16)10-5-3-7-17-12(10)19-11-6-2-1-4-9(11)8-18/h1-7,18H,8H2. The molecule has 1 N–H and O–H groups in total. The van der Waals surface area contributed by atoms with E-state index >= 15 is 0 Å². The average molecular weight is 269 g/mol. The smallest absolute Gasteiger partial charge is 0.421 e. The average Bonchev–Trinajstić information content (AvgIpc) is 2.39. The van der Waals surface area contributed by atoms with Gasteiger partial charge < -0.3 is 9.84 Å². The minimum absolute atomic E-state index is 0.147. The number of hydrogen-bond donors (Lipinski definition) is 1. The van der Waals surface area contributed by atoms with Gasteiger partial charge in [-0.3, -0.25) is 0 Å². The van der Waals surface area contributed by atoms with E-state index < -0.39 is 17.6 Å².